The second kappa shape index (κ2) is 5.21. The molecule has 6 heteroatoms. The standard InChI is InChI=1S/C16H9F3O2S/c17-16(18,19)11-8-4-7-10-12(20)15(22)13(21-14(10)11)9-5-2-1-3-6-9/h1-8,22H. The fourth-order valence-electron chi connectivity index (χ4n) is 2.22. The zero-order valence-corrected chi connectivity index (χ0v) is 11.9. The molecule has 3 aromatic rings. The molecule has 0 saturated carbocycles. The smallest absolute Gasteiger partial charge is 0.420 e. The Morgan fingerprint density at radius 1 is 0.955 bits per heavy atom. The third kappa shape index (κ3) is 2.39. The number of fused-ring (bicyclic) bond motifs is 1. The van der Waals surface area contributed by atoms with Crippen LogP contribution >= 0.6 is 12.6 Å². The molecular weight excluding hydrogens is 313 g/mol. The highest BCUT2D eigenvalue weighted by atomic mass is 32.1. The lowest BCUT2D eigenvalue weighted by Crippen LogP contribution is -2.10. The van der Waals surface area contributed by atoms with Gasteiger partial charge in [-0.15, -0.1) is 12.6 Å². The van der Waals surface area contributed by atoms with Gasteiger partial charge in [0.15, 0.2) is 11.3 Å². The Balaban J connectivity index is 2.42. The van der Waals surface area contributed by atoms with E-state index in [9.17, 15) is 18.0 Å². The van der Waals surface area contributed by atoms with Crippen molar-refractivity contribution in [3.8, 4) is 11.3 Å². The Morgan fingerprint density at radius 2 is 1.64 bits per heavy atom. The van der Waals surface area contributed by atoms with E-state index in [1.807, 2.05) is 0 Å². The number of para-hydroxylation sites is 1. The minimum absolute atomic E-state index is 0.0157. The summed E-state index contributed by atoms with van der Waals surface area (Å²) in [5.41, 5.74) is -1.55. The van der Waals surface area contributed by atoms with Crippen LogP contribution < -0.4 is 5.43 Å². The quantitative estimate of drug-likeness (QED) is 0.654. The summed E-state index contributed by atoms with van der Waals surface area (Å²) in [7, 11) is 0. The van der Waals surface area contributed by atoms with Crippen LogP contribution in [-0.2, 0) is 6.18 Å². The predicted octanol–water partition coefficient (Wildman–Crippen LogP) is 4.77. The van der Waals surface area contributed by atoms with E-state index in [2.05, 4.69) is 12.6 Å². The second-order valence-electron chi connectivity index (χ2n) is 4.65. The molecule has 1 heterocycles. The van der Waals surface area contributed by atoms with Gasteiger partial charge in [-0.05, 0) is 12.1 Å². The van der Waals surface area contributed by atoms with Crippen molar-refractivity contribution in [1.29, 1.82) is 0 Å². The maximum Gasteiger partial charge on any atom is 0.420 e. The normalized spacial score (nSPS) is 11.8. The first-order chi connectivity index (χ1) is 10.4. The third-order valence-corrected chi connectivity index (χ3v) is 3.64. The van der Waals surface area contributed by atoms with E-state index in [0.717, 1.165) is 6.07 Å². The average molecular weight is 322 g/mol. The van der Waals surface area contributed by atoms with E-state index in [1.54, 1.807) is 30.3 Å². The zero-order chi connectivity index (χ0) is 15.9. The summed E-state index contributed by atoms with van der Waals surface area (Å²) >= 11 is 4.12. The van der Waals surface area contributed by atoms with Crippen molar-refractivity contribution in [2.75, 3.05) is 0 Å². The first kappa shape index (κ1) is 14.7. The highest BCUT2D eigenvalue weighted by Crippen LogP contribution is 2.36. The lowest BCUT2D eigenvalue weighted by atomic mass is 10.1. The molecule has 22 heavy (non-hydrogen) atoms. The molecule has 0 spiro atoms. The van der Waals surface area contributed by atoms with Gasteiger partial charge in [-0.3, -0.25) is 4.79 Å². The molecule has 112 valence electrons. The molecule has 2 aromatic carbocycles. The summed E-state index contributed by atoms with van der Waals surface area (Å²) in [4.78, 5) is 12.3. The molecule has 0 aliphatic carbocycles. The lowest BCUT2D eigenvalue weighted by Gasteiger charge is -2.11. The molecular formula is C16H9F3O2S. The largest absolute Gasteiger partial charge is 0.454 e. The Kier molecular flexibility index (Phi) is 3.48. The van der Waals surface area contributed by atoms with Crippen molar-refractivity contribution in [3.05, 3.63) is 64.3 Å². The van der Waals surface area contributed by atoms with Crippen LogP contribution in [0.5, 0.6) is 0 Å². The Morgan fingerprint density at radius 3 is 2.27 bits per heavy atom. The van der Waals surface area contributed by atoms with Crippen molar-refractivity contribution in [2.24, 2.45) is 0 Å². The highest BCUT2D eigenvalue weighted by Gasteiger charge is 2.34. The molecule has 0 bridgehead atoms. The monoisotopic (exact) mass is 322 g/mol. The van der Waals surface area contributed by atoms with Gasteiger partial charge in [-0.25, -0.2) is 0 Å². The number of halogens is 3. The Labute approximate surface area is 128 Å². The van der Waals surface area contributed by atoms with Crippen LogP contribution in [-0.4, -0.2) is 0 Å². The van der Waals surface area contributed by atoms with E-state index < -0.39 is 22.8 Å². The van der Waals surface area contributed by atoms with Gasteiger partial charge in [0, 0.05) is 5.56 Å². The second-order valence-corrected chi connectivity index (χ2v) is 5.10. The maximum atomic E-state index is 13.1. The molecule has 0 N–H and O–H groups in total. The molecule has 0 atom stereocenters. The first-order valence-corrected chi connectivity index (χ1v) is 6.75. The van der Waals surface area contributed by atoms with Crippen LogP contribution in [0.1, 0.15) is 5.56 Å². The molecule has 0 fully saturated rings. The number of rotatable bonds is 1. The topological polar surface area (TPSA) is 30.2 Å². The molecule has 0 aliphatic rings. The fraction of sp³-hybridized carbons (Fsp3) is 0.0625. The van der Waals surface area contributed by atoms with Gasteiger partial charge in [0.05, 0.1) is 15.8 Å². The van der Waals surface area contributed by atoms with Gasteiger partial charge in [0.1, 0.15) is 0 Å². The van der Waals surface area contributed by atoms with Gasteiger partial charge in [-0.1, -0.05) is 36.4 Å². The zero-order valence-electron chi connectivity index (χ0n) is 11.0. The number of thiol groups is 1. The van der Waals surface area contributed by atoms with Crippen molar-refractivity contribution in [1.82, 2.24) is 0 Å². The summed E-state index contributed by atoms with van der Waals surface area (Å²) < 4.78 is 44.7. The average Bonchev–Trinajstić information content (AvgIpc) is 2.50. The fourth-order valence-corrected chi connectivity index (χ4v) is 2.51. The third-order valence-electron chi connectivity index (χ3n) is 3.24. The molecule has 0 radical (unpaired) electrons. The van der Waals surface area contributed by atoms with Crippen LogP contribution in [0.4, 0.5) is 13.2 Å². The molecule has 0 aliphatic heterocycles. The SMILES string of the molecule is O=c1c(S)c(-c2ccccc2)oc2c(C(F)(F)F)cccc12. The molecule has 3 rings (SSSR count). The van der Waals surface area contributed by atoms with Gasteiger partial charge in [0.25, 0.3) is 0 Å². The first-order valence-electron chi connectivity index (χ1n) is 6.31. The summed E-state index contributed by atoms with van der Waals surface area (Å²) in [6.45, 7) is 0. The van der Waals surface area contributed by atoms with E-state index in [4.69, 9.17) is 4.42 Å². The lowest BCUT2D eigenvalue weighted by molar-refractivity contribution is -0.136. The van der Waals surface area contributed by atoms with Crippen LogP contribution in [0, 0.1) is 0 Å². The number of alkyl halides is 3. The van der Waals surface area contributed by atoms with E-state index in [1.165, 1.54) is 12.1 Å². The molecule has 2 nitrogen and oxygen atoms in total. The minimum atomic E-state index is -4.61. The van der Waals surface area contributed by atoms with Crippen molar-refractivity contribution >= 4 is 23.6 Å². The Hall–Kier alpha value is -2.21. The summed E-state index contributed by atoms with van der Waals surface area (Å²) in [5.74, 6) is 0.0260. The van der Waals surface area contributed by atoms with Crippen LogP contribution in [0.3, 0.4) is 0 Å². The highest BCUT2D eigenvalue weighted by molar-refractivity contribution is 7.80. The molecule has 1 aromatic heterocycles. The van der Waals surface area contributed by atoms with Crippen LogP contribution in [0.25, 0.3) is 22.3 Å². The van der Waals surface area contributed by atoms with Crippen molar-refractivity contribution in [2.45, 2.75) is 11.1 Å². The van der Waals surface area contributed by atoms with Gasteiger partial charge < -0.3 is 4.42 Å². The molecule has 0 saturated heterocycles. The number of hydrogen-bond donors (Lipinski definition) is 1. The van der Waals surface area contributed by atoms with E-state index in [-0.39, 0.29) is 16.0 Å². The minimum Gasteiger partial charge on any atom is -0.454 e. The van der Waals surface area contributed by atoms with Crippen LogP contribution in [0.2, 0.25) is 0 Å². The van der Waals surface area contributed by atoms with Crippen LogP contribution in [0.15, 0.2) is 62.6 Å². The van der Waals surface area contributed by atoms with Gasteiger partial charge in [-0.2, -0.15) is 13.2 Å². The predicted molar refractivity (Wildman–Crippen MR) is 80.2 cm³/mol. The van der Waals surface area contributed by atoms with Crippen molar-refractivity contribution in [3.63, 3.8) is 0 Å². The summed E-state index contributed by atoms with van der Waals surface area (Å²) in [5, 5.41) is -0.139. The summed E-state index contributed by atoms with van der Waals surface area (Å²) in [6, 6.07) is 11.8. The summed E-state index contributed by atoms with van der Waals surface area (Å²) in [6.07, 6.45) is -4.61. The molecule has 0 amide bonds. The van der Waals surface area contributed by atoms with Gasteiger partial charge >= 0.3 is 6.18 Å². The van der Waals surface area contributed by atoms with Gasteiger partial charge in [0.2, 0.25) is 5.43 Å². The maximum absolute atomic E-state index is 13.1. The Bertz CT molecular complexity index is 899. The number of hydrogen-bond acceptors (Lipinski definition) is 3. The van der Waals surface area contributed by atoms with E-state index >= 15 is 0 Å². The van der Waals surface area contributed by atoms with E-state index in [0.29, 0.717) is 5.56 Å². The van der Waals surface area contributed by atoms with Crippen molar-refractivity contribution < 1.29 is 17.6 Å². The number of benzene rings is 2. The molecule has 0 unspecified atom stereocenters.